The minimum atomic E-state index is 0.782. The highest BCUT2D eigenvalue weighted by Gasteiger charge is 2.09. The Labute approximate surface area is 152 Å². The second-order valence-electron chi connectivity index (χ2n) is 6.36. The summed E-state index contributed by atoms with van der Waals surface area (Å²) in [5.41, 5.74) is 3.67. The molecule has 0 saturated heterocycles. The zero-order valence-corrected chi connectivity index (χ0v) is 16.9. The summed E-state index contributed by atoms with van der Waals surface area (Å²) in [6.45, 7) is 11.6. The van der Waals surface area contributed by atoms with Crippen LogP contribution in [0.2, 0.25) is 0 Å². The smallest absolute Gasteiger partial charge is 0.191 e. The van der Waals surface area contributed by atoms with Gasteiger partial charge in [0.2, 0.25) is 0 Å². The Hall–Kier alpha value is -1.60. The van der Waals surface area contributed by atoms with Gasteiger partial charge in [0.1, 0.15) is 0 Å². The highest BCUT2D eigenvalue weighted by Crippen LogP contribution is 2.11. The van der Waals surface area contributed by atoms with E-state index >= 15 is 0 Å². The average Bonchev–Trinajstić information content (AvgIpc) is 2.81. The van der Waals surface area contributed by atoms with Crippen molar-refractivity contribution in [3.8, 4) is 0 Å². The molecule has 25 heavy (non-hydrogen) atoms. The molecule has 1 aromatic heterocycles. The molecule has 0 aliphatic carbocycles. The third-order valence-corrected chi connectivity index (χ3v) is 4.31. The Kier molecular flexibility index (Phi) is 10.2. The normalized spacial score (nSPS) is 12.0. The Morgan fingerprint density at radius 3 is 2.64 bits per heavy atom. The molecule has 0 aliphatic heterocycles. The molecule has 0 fully saturated rings. The van der Waals surface area contributed by atoms with Gasteiger partial charge in [-0.1, -0.05) is 0 Å². The molecule has 0 radical (unpaired) electrons. The number of hydrogen-bond acceptors (Lipinski definition) is 4. The molecule has 0 amide bonds. The van der Waals surface area contributed by atoms with Gasteiger partial charge in [-0.15, -0.1) is 0 Å². The lowest BCUT2D eigenvalue weighted by Gasteiger charge is -2.16. The molecule has 7 heteroatoms. The number of guanidine groups is 1. The topological polar surface area (TPSA) is 66.7 Å². The molecule has 1 aromatic rings. The predicted octanol–water partition coefficient (Wildman–Crippen LogP) is 1.10. The van der Waals surface area contributed by atoms with E-state index < -0.39 is 0 Å². The molecule has 0 bridgehead atoms. The number of aryl methyl sites for hydroxylation is 2. The number of hydrogen-bond donors (Lipinski definition) is 2. The largest absolute Gasteiger partial charge is 0.385 e. The van der Waals surface area contributed by atoms with E-state index in [0.717, 1.165) is 63.8 Å². The van der Waals surface area contributed by atoms with Gasteiger partial charge >= 0.3 is 0 Å². The highest BCUT2D eigenvalue weighted by molar-refractivity contribution is 5.79. The van der Waals surface area contributed by atoms with Crippen LogP contribution in [-0.2, 0) is 18.2 Å². The number of rotatable bonds is 11. The summed E-state index contributed by atoms with van der Waals surface area (Å²) >= 11 is 0. The summed E-state index contributed by atoms with van der Waals surface area (Å²) in [4.78, 5) is 6.95. The molecule has 1 rings (SSSR count). The minimum Gasteiger partial charge on any atom is -0.385 e. The number of nitrogens with one attached hydrogen (secondary N) is 2. The first kappa shape index (κ1) is 21.4. The number of aromatic nitrogens is 2. The van der Waals surface area contributed by atoms with Gasteiger partial charge in [-0.05, 0) is 46.2 Å². The Morgan fingerprint density at radius 1 is 1.28 bits per heavy atom. The monoisotopic (exact) mass is 352 g/mol. The Morgan fingerprint density at radius 2 is 2.04 bits per heavy atom. The average molecular weight is 353 g/mol. The first-order valence-corrected chi connectivity index (χ1v) is 9.18. The SMILES string of the molecule is CCNC(=NCCN(C)CCCOC)NCCc1c(C)nn(C)c1C. The fourth-order valence-electron chi connectivity index (χ4n) is 2.75. The molecule has 7 nitrogen and oxygen atoms in total. The second kappa shape index (κ2) is 11.9. The van der Waals surface area contributed by atoms with Crippen molar-refractivity contribution in [2.75, 3.05) is 53.5 Å². The van der Waals surface area contributed by atoms with Gasteiger partial charge in [-0.3, -0.25) is 9.67 Å². The van der Waals surface area contributed by atoms with Crippen LogP contribution in [0.3, 0.4) is 0 Å². The van der Waals surface area contributed by atoms with Crippen molar-refractivity contribution in [1.82, 2.24) is 25.3 Å². The molecule has 144 valence electrons. The summed E-state index contributed by atoms with van der Waals surface area (Å²) in [6.07, 6.45) is 2.01. The van der Waals surface area contributed by atoms with Gasteiger partial charge in [0, 0.05) is 52.6 Å². The van der Waals surface area contributed by atoms with E-state index in [2.05, 4.69) is 53.4 Å². The van der Waals surface area contributed by atoms with Crippen LogP contribution >= 0.6 is 0 Å². The van der Waals surface area contributed by atoms with Crippen molar-refractivity contribution < 1.29 is 4.74 Å². The van der Waals surface area contributed by atoms with Crippen molar-refractivity contribution in [2.24, 2.45) is 12.0 Å². The van der Waals surface area contributed by atoms with E-state index in [9.17, 15) is 0 Å². The van der Waals surface area contributed by atoms with Crippen LogP contribution in [0, 0.1) is 13.8 Å². The summed E-state index contributed by atoms with van der Waals surface area (Å²) < 4.78 is 7.03. The van der Waals surface area contributed by atoms with Crippen LogP contribution in [-0.4, -0.2) is 74.1 Å². The lowest BCUT2D eigenvalue weighted by atomic mass is 10.1. The molecule has 0 aliphatic rings. The van der Waals surface area contributed by atoms with Crippen molar-refractivity contribution in [2.45, 2.75) is 33.6 Å². The molecular weight excluding hydrogens is 316 g/mol. The summed E-state index contributed by atoms with van der Waals surface area (Å²) in [5, 5.41) is 11.2. The standard InChI is InChI=1S/C18H36N6O/c1-7-19-18(21-11-13-23(4)12-8-14-25-6)20-10-9-17-15(2)22-24(5)16(17)3/h7-14H2,1-6H3,(H2,19,20,21). The lowest BCUT2D eigenvalue weighted by Crippen LogP contribution is -2.39. The van der Waals surface area contributed by atoms with E-state index in [4.69, 9.17) is 4.74 Å². The van der Waals surface area contributed by atoms with Crippen molar-refractivity contribution >= 4 is 5.96 Å². The van der Waals surface area contributed by atoms with E-state index in [1.165, 1.54) is 11.3 Å². The molecule has 0 aromatic carbocycles. The lowest BCUT2D eigenvalue weighted by molar-refractivity contribution is 0.180. The van der Waals surface area contributed by atoms with Crippen LogP contribution in [0.25, 0.3) is 0 Å². The summed E-state index contributed by atoms with van der Waals surface area (Å²) in [5.74, 6) is 0.881. The number of methoxy groups -OCH3 is 1. The predicted molar refractivity (Wildman–Crippen MR) is 104 cm³/mol. The van der Waals surface area contributed by atoms with E-state index in [1.807, 2.05) is 11.7 Å². The molecule has 0 atom stereocenters. The third-order valence-electron chi connectivity index (χ3n) is 4.31. The van der Waals surface area contributed by atoms with Crippen molar-refractivity contribution in [1.29, 1.82) is 0 Å². The van der Waals surface area contributed by atoms with Crippen molar-refractivity contribution in [3.63, 3.8) is 0 Å². The maximum absolute atomic E-state index is 5.09. The fourth-order valence-corrected chi connectivity index (χ4v) is 2.75. The Balaban J connectivity index is 2.40. The number of ether oxygens (including phenoxy) is 1. The molecule has 0 saturated carbocycles. The second-order valence-corrected chi connectivity index (χ2v) is 6.36. The molecule has 2 N–H and O–H groups in total. The van der Waals surface area contributed by atoms with Gasteiger partial charge in [-0.25, -0.2) is 0 Å². The van der Waals surface area contributed by atoms with Crippen LogP contribution in [0.1, 0.15) is 30.3 Å². The quantitative estimate of drug-likeness (QED) is 0.355. The molecule has 0 spiro atoms. The van der Waals surface area contributed by atoms with E-state index in [0.29, 0.717) is 0 Å². The van der Waals surface area contributed by atoms with Gasteiger partial charge in [0.25, 0.3) is 0 Å². The number of nitrogens with zero attached hydrogens (tertiary/aromatic N) is 4. The first-order valence-electron chi connectivity index (χ1n) is 9.18. The van der Waals surface area contributed by atoms with Gasteiger partial charge < -0.3 is 20.3 Å². The van der Waals surface area contributed by atoms with E-state index in [-0.39, 0.29) is 0 Å². The summed E-state index contributed by atoms with van der Waals surface area (Å²) in [6, 6.07) is 0. The minimum absolute atomic E-state index is 0.782. The zero-order valence-electron chi connectivity index (χ0n) is 16.9. The maximum atomic E-state index is 5.09. The van der Waals surface area contributed by atoms with Crippen LogP contribution in [0.4, 0.5) is 0 Å². The maximum Gasteiger partial charge on any atom is 0.191 e. The van der Waals surface area contributed by atoms with Gasteiger partial charge in [0.15, 0.2) is 5.96 Å². The summed E-state index contributed by atoms with van der Waals surface area (Å²) in [7, 11) is 5.86. The van der Waals surface area contributed by atoms with Crippen LogP contribution in [0.15, 0.2) is 4.99 Å². The fraction of sp³-hybridized carbons (Fsp3) is 0.778. The molecule has 0 unspecified atom stereocenters. The Bertz CT molecular complexity index is 526. The third kappa shape index (κ3) is 7.88. The van der Waals surface area contributed by atoms with Crippen molar-refractivity contribution in [3.05, 3.63) is 17.0 Å². The van der Waals surface area contributed by atoms with E-state index in [1.54, 1.807) is 7.11 Å². The molecular formula is C18H36N6O. The van der Waals surface area contributed by atoms with Crippen LogP contribution in [0.5, 0.6) is 0 Å². The van der Waals surface area contributed by atoms with Gasteiger partial charge in [0.05, 0.1) is 12.2 Å². The zero-order chi connectivity index (χ0) is 18.7. The van der Waals surface area contributed by atoms with Crippen LogP contribution < -0.4 is 10.6 Å². The van der Waals surface area contributed by atoms with Gasteiger partial charge in [-0.2, -0.15) is 5.10 Å². The molecule has 1 heterocycles. The first-order chi connectivity index (χ1) is 12.0. The number of aliphatic imine (C=N–C) groups is 1. The number of likely N-dealkylation sites (N-methyl/N-ethyl adjacent to an activating group) is 1. The highest BCUT2D eigenvalue weighted by atomic mass is 16.5.